The largest absolute Gasteiger partial charge is 0.299 e. The van der Waals surface area contributed by atoms with Gasteiger partial charge in [-0.15, -0.1) is 0 Å². The number of benzene rings is 1. The molecule has 1 aromatic rings. The molecule has 0 N–H and O–H groups in total. The van der Waals surface area contributed by atoms with Crippen molar-refractivity contribution in [2.24, 2.45) is 0 Å². The van der Waals surface area contributed by atoms with Crippen LogP contribution in [0.1, 0.15) is 12.0 Å². The van der Waals surface area contributed by atoms with E-state index in [1.165, 1.54) is 24.3 Å². The third-order valence-corrected chi connectivity index (χ3v) is 3.01. The Morgan fingerprint density at radius 2 is 1.81 bits per heavy atom. The van der Waals surface area contributed by atoms with Crippen molar-refractivity contribution in [1.29, 1.82) is 0 Å². The van der Waals surface area contributed by atoms with E-state index in [-0.39, 0.29) is 30.2 Å². The lowest BCUT2D eigenvalue weighted by atomic mass is 10.1. The van der Waals surface area contributed by atoms with Crippen LogP contribution in [0.25, 0.3) is 0 Å². The standard InChI is InChI=1S/C11H13FO3S/c1-16(14,15)7-6-11(13)8-9-2-4-10(12)5-3-9/h2-5H,6-8H2,1H3. The zero-order valence-electron chi connectivity index (χ0n) is 8.94. The van der Waals surface area contributed by atoms with Crippen LogP contribution in [-0.2, 0) is 21.1 Å². The second-order valence-corrected chi connectivity index (χ2v) is 5.98. The minimum Gasteiger partial charge on any atom is -0.299 e. The molecule has 0 aliphatic heterocycles. The number of hydrogen-bond acceptors (Lipinski definition) is 3. The molecule has 0 bridgehead atoms. The zero-order valence-corrected chi connectivity index (χ0v) is 9.76. The first-order valence-corrected chi connectivity index (χ1v) is 6.87. The fourth-order valence-electron chi connectivity index (χ4n) is 1.22. The Labute approximate surface area is 94.2 Å². The van der Waals surface area contributed by atoms with Crippen LogP contribution in [0, 0.1) is 5.82 Å². The van der Waals surface area contributed by atoms with Crippen molar-refractivity contribution in [3.05, 3.63) is 35.6 Å². The summed E-state index contributed by atoms with van der Waals surface area (Å²) in [5.41, 5.74) is 0.694. The van der Waals surface area contributed by atoms with Gasteiger partial charge in [-0.2, -0.15) is 0 Å². The minimum atomic E-state index is -3.10. The van der Waals surface area contributed by atoms with Crippen molar-refractivity contribution in [2.45, 2.75) is 12.8 Å². The van der Waals surface area contributed by atoms with Gasteiger partial charge in [0.05, 0.1) is 5.75 Å². The van der Waals surface area contributed by atoms with Crippen LogP contribution in [-0.4, -0.2) is 26.2 Å². The average molecular weight is 244 g/mol. The van der Waals surface area contributed by atoms with E-state index in [2.05, 4.69) is 0 Å². The molecule has 0 unspecified atom stereocenters. The number of carbonyl (C=O) groups is 1. The molecule has 0 radical (unpaired) electrons. The van der Waals surface area contributed by atoms with Crippen LogP contribution in [0.15, 0.2) is 24.3 Å². The van der Waals surface area contributed by atoms with Crippen molar-refractivity contribution in [2.75, 3.05) is 12.0 Å². The van der Waals surface area contributed by atoms with Crippen LogP contribution < -0.4 is 0 Å². The molecule has 88 valence electrons. The first-order chi connectivity index (χ1) is 7.37. The Morgan fingerprint density at radius 1 is 1.25 bits per heavy atom. The summed E-state index contributed by atoms with van der Waals surface area (Å²) >= 11 is 0. The monoisotopic (exact) mass is 244 g/mol. The van der Waals surface area contributed by atoms with Crippen molar-refractivity contribution in [3.8, 4) is 0 Å². The lowest BCUT2D eigenvalue weighted by Gasteiger charge is -2.00. The Balaban J connectivity index is 2.49. The molecule has 0 aliphatic carbocycles. The van der Waals surface area contributed by atoms with E-state index < -0.39 is 9.84 Å². The molecule has 0 amide bonds. The highest BCUT2D eigenvalue weighted by Gasteiger charge is 2.08. The molecule has 0 aromatic heterocycles. The first-order valence-electron chi connectivity index (χ1n) is 4.81. The quantitative estimate of drug-likeness (QED) is 0.786. The molecule has 0 saturated carbocycles. The van der Waals surface area contributed by atoms with Crippen molar-refractivity contribution in [3.63, 3.8) is 0 Å². The number of hydrogen-bond donors (Lipinski definition) is 0. The molecule has 0 aliphatic rings. The Kier molecular flexibility index (Phi) is 4.18. The number of halogens is 1. The van der Waals surface area contributed by atoms with Gasteiger partial charge in [-0.1, -0.05) is 12.1 Å². The molecular formula is C11H13FO3S. The lowest BCUT2D eigenvalue weighted by molar-refractivity contribution is -0.118. The summed E-state index contributed by atoms with van der Waals surface area (Å²) in [4.78, 5) is 11.4. The van der Waals surface area contributed by atoms with E-state index in [1.54, 1.807) is 0 Å². The molecule has 16 heavy (non-hydrogen) atoms. The highest BCUT2D eigenvalue weighted by Crippen LogP contribution is 2.05. The summed E-state index contributed by atoms with van der Waals surface area (Å²) in [6.07, 6.45) is 1.25. The van der Waals surface area contributed by atoms with Crippen LogP contribution in [0.4, 0.5) is 4.39 Å². The van der Waals surface area contributed by atoms with E-state index in [9.17, 15) is 17.6 Å². The predicted molar refractivity (Wildman–Crippen MR) is 59.4 cm³/mol. The summed E-state index contributed by atoms with van der Waals surface area (Å²) in [6.45, 7) is 0. The topological polar surface area (TPSA) is 51.2 Å². The minimum absolute atomic E-state index is 0.0101. The smallest absolute Gasteiger partial charge is 0.147 e. The molecule has 3 nitrogen and oxygen atoms in total. The highest BCUT2D eigenvalue weighted by atomic mass is 32.2. The van der Waals surface area contributed by atoms with Gasteiger partial charge >= 0.3 is 0 Å². The Bertz CT molecular complexity index is 463. The van der Waals surface area contributed by atoms with Gasteiger partial charge in [0.2, 0.25) is 0 Å². The molecule has 0 spiro atoms. The van der Waals surface area contributed by atoms with Crippen LogP contribution in [0.3, 0.4) is 0 Å². The first kappa shape index (κ1) is 12.8. The number of sulfone groups is 1. The maximum absolute atomic E-state index is 12.6. The van der Waals surface area contributed by atoms with Crippen LogP contribution in [0.5, 0.6) is 0 Å². The van der Waals surface area contributed by atoms with Gasteiger partial charge in [-0.3, -0.25) is 4.79 Å². The number of Topliss-reactive ketones (excluding diaryl/α,β-unsaturated/α-hetero) is 1. The van der Waals surface area contributed by atoms with Gasteiger partial charge < -0.3 is 0 Å². The summed E-state index contributed by atoms with van der Waals surface area (Å²) < 4.78 is 34.2. The molecule has 1 aromatic carbocycles. The lowest BCUT2D eigenvalue weighted by Crippen LogP contribution is -2.11. The summed E-state index contributed by atoms with van der Waals surface area (Å²) in [6, 6.07) is 5.60. The van der Waals surface area contributed by atoms with Crippen molar-refractivity contribution < 1.29 is 17.6 Å². The van der Waals surface area contributed by atoms with Crippen LogP contribution >= 0.6 is 0 Å². The summed E-state index contributed by atoms with van der Waals surface area (Å²) in [7, 11) is -3.10. The molecule has 0 fully saturated rings. The molecule has 0 atom stereocenters. The van der Waals surface area contributed by atoms with E-state index in [0.717, 1.165) is 6.26 Å². The van der Waals surface area contributed by atoms with Gasteiger partial charge in [-0.25, -0.2) is 12.8 Å². The molecule has 5 heteroatoms. The highest BCUT2D eigenvalue weighted by molar-refractivity contribution is 7.90. The predicted octanol–water partition coefficient (Wildman–Crippen LogP) is 1.37. The average Bonchev–Trinajstić information content (AvgIpc) is 2.18. The van der Waals surface area contributed by atoms with E-state index in [1.807, 2.05) is 0 Å². The van der Waals surface area contributed by atoms with Crippen LogP contribution in [0.2, 0.25) is 0 Å². The SMILES string of the molecule is CS(=O)(=O)CCC(=O)Cc1ccc(F)cc1. The number of ketones is 1. The summed E-state index contributed by atoms with van der Waals surface area (Å²) in [5.74, 6) is -0.642. The van der Waals surface area contributed by atoms with E-state index in [4.69, 9.17) is 0 Å². The van der Waals surface area contributed by atoms with E-state index >= 15 is 0 Å². The fourth-order valence-corrected chi connectivity index (χ4v) is 1.82. The summed E-state index contributed by atoms with van der Waals surface area (Å²) in [5, 5.41) is 0. The second-order valence-electron chi connectivity index (χ2n) is 3.72. The zero-order chi connectivity index (χ0) is 12.2. The normalized spacial score (nSPS) is 11.4. The molecule has 0 saturated heterocycles. The van der Waals surface area contributed by atoms with Gasteiger partial charge in [-0.05, 0) is 17.7 Å². The maximum atomic E-state index is 12.6. The fraction of sp³-hybridized carbons (Fsp3) is 0.364. The molecule has 0 heterocycles. The van der Waals surface area contributed by atoms with Crippen molar-refractivity contribution >= 4 is 15.6 Å². The Hall–Kier alpha value is -1.23. The second kappa shape index (κ2) is 5.21. The van der Waals surface area contributed by atoms with Gasteiger partial charge in [0.25, 0.3) is 0 Å². The third-order valence-electron chi connectivity index (χ3n) is 2.07. The van der Waals surface area contributed by atoms with Gasteiger partial charge in [0.15, 0.2) is 0 Å². The van der Waals surface area contributed by atoms with Crippen molar-refractivity contribution in [1.82, 2.24) is 0 Å². The number of rotatable bonds is 5. The maximum Gasteiger partial charge on any atom is 0.147 e. The Morgan fingerprint density at radius 3 is 2.31 bits per heavy atom. The number of carbonyl (C=O) groups excluding carboxylic acids is 1. The van der Waals surface area contributed by atoms with Gasteiger partial charge in [0, 0.05) is 19.1 Å². The van der Waals surface area contributed by atoms with Gasteiger partial charge in [0.1, 0.15) is 21.4 Å². The van der Waals surface area contributed by atoms with E-state index in [0.29, 0.717) is 5.56 Å². The molecule has 1 rings (SSSR count). The third kappa shape index (κ3) is 5.02. The molecular weight excluding hydrogens is 231 g/mol.